The van der Waals surface area contributed by atoms with Crippen LogP contribution in [0.25, 0.3) is 0 Å². The number of halogens is 1. The van der Waals surface area contributed by atoms with Crippen LogP contribution in [0.5, 0.6) is 0 Å². The van der Waals surface area contributed by atoms with Crippen molar-refractivity contribution in [2.75, 3.05) is 5.32 Å². The predicted octanol–water partition coefficient (Wildman–Crippen LogP) is 0.868. The molecule has 0 saturated heterocycles. The van der Waals surface area contributed by atoms with E-state index in [2.05, 4.69) is 41.6 Å². The molecule has 0 spiro atoms. The molecule has 0 atom stereocenters. The van der Waals surface area contributed by atoms with Crippen LogP contribution >= 0.6 is 15.9 Å². The molecule has 0 saturated carbocycles. The second-order valence-electron chi connectivity index (χ2n) is 2.86. The summed E-state index contributed by atoms with van der Waals surface area (Å²) in [6, 6.07) is 1.85. The summed E-state index contributed by atoms with van der Waals surface area (Å²) in [4.78, 5) is 11.2. The van der Waals surface area contributed by atoms with E-state index in [0.717, 1.165) is 5.69 Å². The Morgan fingerprint density at radius 2 is 2.27 bits per heavy atom. The van der Waals surface area contributed by atoms with E-state index >= 15 is 0 Å². The standard InChI is InChI=1S/C8H8BrN5O/c9-7-6(4-12-14-8(7)15)10-3-5-1-2-11-13-5/h1-2,4H,3H2,(H,11,13)(H2,10,14,15). The van der Waals surface area contributed by atoms with Gasteiger partial charge in [-0.1, -0.05) is 0 Å². The number of rotatable bonds is 3. The van der Waals surface area contributed by atoms with Gasteiger partial charge in [0, 0.05) is 6.20 Å². The van der Waals surface area contributed by atoms with Gasteiger partial charge in [-0.3, -0.25) is 9.89 Å². The lowest BCUT2D eigenvalue weighted by Crippen LogP contribution is -2.12. The van der Waals surface area contributed by atoms with Gasteiger partial charge >= 0.3 is 0 Å². The van der Waals surface area contributed by atoms with Crippen LogP contribution in [0.15, 0.2) is 27.7 Å². The van der Waals surface area contributed by atoms with Gasteiger partial charge in [-0.05, 0) is 22.0 Å². The fourth-order valence-corrected chi connectivity index (χ4v) is 1.41. The number of hydrogen-bond donors (Lipinski definition) is 3. The summed E-state index contributed by atoms with van der Waals surface area (Å²) < 4.78 is 0.442. The summed E-state index contributed by atoms with van der Waals surface area (Å²) in [5.41, 5.74) is 1.32. The zero-order valence-corrected chi connectivity index (χ0v) is 9.21. The Kier molecular flexibility index (Phi) is 2.82. The van der Waals surface area contributed by atoms with Crippen molar-refractivity contribution in [3.05, 3.63) is 39.0 Å². The lowest BCUT2D eigenvalue weighted by Gasteiger charge is -2.04. The zero-order valence-electron chi connectivity index (χ0n) is 7.62. The van der Waals surface area contributed by atoms with Crippen LogP contribution in [0.3, 0.4) is 0 Å². The second-order valence-corrected chi connectivity index (χ2v) is 3.66. The minimum absolute atomic E-state index is 0.260. The lowest BCUT2D eigenvalue weighted by atomic mass is 10.4. The highest BCUT2D eigenvalue weighted by Gasteiger charge is 2.03. The average Bonchev–Trinajstić information content (AvgIpc) is 2.73. The normalized spacial score (nSPS) is 10.2. The predicted molar refractivity (Wildman–Crippen MR) is 58.5 cm³/mol. The van der Waals surface area contributed by atoms with Crippen molar-refractivity contribution in [1.82, 2.24) is 20.4 Å². The summed E-state index contributed by atoms with van der Waals surface area (Å²) in [7, 11) is 0. The van der Waals surface area contributed by atoms with Crippen LogP contribution in [-0.4, -0.2) is 20.4 Å². The second kappa shape index (κ2) is 4.26. The van der Waals surface area contributed by atoms with Gasteiger partial charge in [0.05, 0.1) is 24.1 Å². The molecule has 0 aliphatic rings. The molecule has 0 aliphatic heterocycles. The monoisotopic (exact) mass is 269 g/mol. The molecule has 0 bridgehead atoms. The van der Waals surface area contributed by atoms with Crippen molar-refractivity contribution in [2.45, 2.75) is 6.54 Å². The molecule has 2 aromatic rings. The van der Waals surface area contributed by atoms with Crippen LogP contribution in [0.1, 0.15) is 5.69 Å². The molecule has 0 amide bonds. The molecule has 6 nitrogen and oxygen atoms in total. The number of anilines is 1. The molecule has 0 aromatic carbocycles. The van der Waals surface area contributed by atoms with Crippen LogP contribution in [0, 0.1) is 0 Å². The highest BCUT2D eigenvalue weighted by Crippen LogP contribution is 2.15. The highest BCUT2D eigenvalue weighted by molar-refractivity contribution is 9.10. The maximum absolute atomic E-state index is 11.2. The van der Waals surface area contributed by atoms with Gasteiger partial charge in [0.25, 0.3) is 5.56 Å². The first-order valence-corrected chi connectivity index (χ1v) is 5.02. The first-order chi connectivity index (χ1) is 7.27. The number of nitrogens with zero attached hydrogens (tertiary/aromatic N) is 2. The van der Waals surface area contributed by atoms with E-state index in [1.807, 2.05) is 6.07 Å². The fraction of sp³-hybridized carbons (Fsp3) is 0.125. The van der Waals surface area contributed by atoms with Crippen LogP contribution in [0.4, 0.5) is 5.69 Å². The molecule has 2 rings (SSSR count). The fourth-order valence-electron chi connectivity index (χ4n) is 1.08. The number of hydrogen-bond acceptors (Lipinski definition) is 4. The Balaban J connectivity index is 2.12. The van der Waals surface area contributed by atoms with Gasteiger partial charge in [-0.15, -0.1) is 0 Å². The van der Waals surface area contributed by atoms with Crippen LogP contribution < -0.4 is 10.9 Å². The third kappa shape index (κ3) is 2.24. The van der Waals surface area contributed by atoms with Gasteiger partial charge in [0.1, 0.15) is 4.47 Å². The molecular weight excluding hydrogens is 262 g/mol. The Morgan fingerprint density at radius 1 is 1.40 bits per heavy atom. The lowest BCUT2D eigenvalue weighted by molar-refractivity contribution is 0.952. The highest BCUT2D eigenvalue weighted by atomic mass is 79.9. The molecule has 7 heteroatoms. The van der Waals surface area contributed by atoms with Crippen molar-refractivity contribution in [3.63, 3.8) is 0 Å². The largest absolute Gasteiger partial charge is 0.377 e. The molecule has 2 aromatic heterocycles. The molecule has 0 radical (unpaired) electrons. The third-order valence-corrected chi connectivity index (χ3v) is 2.61. The maximum atomic E-state index is 11.2. The number of aromatic nitrogens is 4. The minimum Gasteiger partial charge on any atom is -0.377 e. The van der Waals surface area contributed by atoms with Crippen molar-refractivity contribution < 1.29 is 0 Å². The van der Waals surface area contributed by atoms with Crippen LogP contribution in [0.2, 0.25) is 0 Å². The van der Waals surface area contributed by atoms with Crippen molar-refractivity contribution in [1.29, 1.82) is 0 Å². The van der Waals surface area contributed by atoms with E-state index in [4.69, 9.17) is 0 Å². The maximum Gasteiger partial charge on any atom is 0.280 e. The van der Waals surface area contributed by atoms with E-state index in [1.165, 1.54) is 0 Å². The number of H-pyrrole nitrogens is 2. The Labute approximate surface area is 93.2 Å². The first-order valence-electron chi connectivity index (χ1n) is 4.22. The first kappa shape index (κ1) is 9.91. The quantitative estimate of drug-likeness (QED) is 0.772. The summed E-state index contributed by atoms with van der Waals surface area (Å²) in [6.07, 6.45) is 3.21. The number of aromatic amines is 2. The molecule has 3 N–H and O–H groups in total. The van der Waals surface area contributed by atoms with Gasteiger partial charge in [-0.25, -0.2) is 5.10 Å². The molecule has 0 aliphatic carbocycles. The Morgan fingerprint density at radius 3 is 3.00 bits per heavy atom. The van der Waals surface area contributed by atoms with Gasteiger partial charge < -0.3 is 5.32 Å². The van der Waals surface area contributed by atoms with Gasteiger partial charge in [0.15, 0.2) is 0 Å². The van der Waals surface area contributed by atoms with Crippen LogP contribution in [-0.2, 0) is 6.54 Å². The molecule has 0 fully saturated rings. The van der Waals surface area contributed by atoms with E-state index in [9.17, 15) is 4.79 Å². The third-order valence-electron chi connectivity index (χ3n) is 1.82. The molecule has 78 valence electrons. The summed E-state index contributed by atoms with van der Waals surface area (Å²) in [5, 5.41) is 15.7. The SMILES string of the molecule is O=c1[nH]ncc(NCc2ccn[nH]2)c1Br. The van der Waals surface area contributed by atoms with Crippen molar-refractivity contribution >= 4 is 21.6 Å². The summed E-state index contributed by atoms with van der Waals surface area (Å²) in [6.45, 7) is 0.559. The van der Waals surface area contributed by atoms with Crippen molar-refractivity contribution in [3.8, 4) is 0 Å². The van der Waals surface area contributed by atoms with E-state index in [-0.39, 0.29) is 5.56 Å². The van der Waals surface area contributed by atoms with E-state index in [1.54, 1.807) is 12.4 Å². The molecule has 15 heavy (non-hydrogen) atoms. The molecule has 0 unspecified atom stereocenters. The zero-order chi connectivity index (χ0) is 10.7. The average molecular weight is 270 g/mol. The molecule has 2 heterocycles. The van der Waals surface area contributed by atoms with Gasteiger partial charge in [0.2, 0.25) is 0 Å². The van der Waals surface area contributed by atoms with Crippen molar-refractivity contribution in [2.24, 2.45) is 0 Å². The number of nitrogens with one attached hydrogen (secondary N) is 3. The van der Waals surface area contributed by atoms with E-state index in [0.29, 0.717) is 16.7 Å². The Bertz CT molecular complexity index is 492. The topological polar surface area (TPSA) is 86.5 Å². The minimum atomic E-state index is -0.260. The summed E-state index contributed by atoms with van der Waals surface area (Å²) >= 11 is 3.17. The molecular formula is C8H8BrN5O. The smallest absolute Gasteiger partial charge is 0.280 e. The van der Waals surface area contributed by atoms with Gasteiger partial charge in [-0.2, -0.15) is 10.2 Å². The van der Waals surface area contributed by atoms with E-state index < -0.39 is 0 Å². The Hall–Kier alpha value is -1.63. The summed E-state index contributed by atoms with van der Waals surface area (Å²) in [5.74, 6) is 0.